The van der Waals surface area contributed by atoms with E-state index in [1.807, 2.05) is 0 Å². The van der Waals surface area contributed by atoms with Crippen LogP contribution in [0.3, 0.4) is 0 Å². The molecule has 2 aromatic rings. The van der Waals surface area contributed by atoms with Crippen LogP contribution < -0.4 is 15.8 Å². The highest BCUT2D eigenvalue weighted by atomic mass is 79.9. The number of ether oxygens (including phenoxy) is 1. The van der Waals surface area contributed by atoms with E-state index in [0.29, 0.717) is 17.3 Å². The van der Waals surface area contributed by atoms with Crippen LogP contribution in [0.25, 0.3) is 0 Å². The van der Waals surface area contributed by atoms with Crippen molar-refractivity contribution < 1.29 is 9.53 Å². The Morgan fingerprint density at radius 1 is 1.37 bits per heavy atom. The maximum atomic E-state index is 11.6. The molecule has 0 aliphatic carbocycles. The molecule has 2 rings (SSSR count). The zero-order chi connectivity index (χ0) is 13.7. The Morgan fingerprint density at radius 3 is 2.89 bits per heavy atom. The van der Waals surface area contributed by atoms with Crippen LogP contribution in [-0.4, -0.2) is 17.5 Å². The van der Waals surface area contributed by atoms with Crippen LogP contribution in [0.5, 0.6) is 5.75 Å². The normalized spacial score (nSPS) is 9.95. The van der Waals surface area contributed by atoms with Gasteiger partial charge in [-0.15, -0.1) is 0 Å². The fourth-order valence-corrected chi connectivity index (χ4v) is 1.62. The molecule has 0 unspecified atom stereocenters. The van der Waals surface area contributed by atoms with E-state index in [1.165, 1.54) is 0 Å². The van der Waals surface area contributed by atoms with Crippen LogP contribution in [0.2, 0.25) is 0 Å². The van der Waals surface area contributed by atoms with Crippen molar-refractivity contribution in [1.29, 1.82) is 0 Å². The van der Waals surface area contributed by atoms with Gasteiger partial charge in [0.15, 0.2) is 6.61 Å². The van der Waals surface area contributed by atoms with E-state index in [2.05, 4.69) is 26.2 Å². The lowest BCUT2D eigenvalue weighted by Crippen LogP contribution is -2.20. The van der Waals surface area contributed by atoms with Crippen molar-refractivity contribution in [3.8, 4) is 5.75 Å². The minimum Gasteiger partial charge on any atom is -0.484 e. The van der Waals surface area contributed by atoms with Crippen molar-refractivity contribution in [2.24, 2.45) is 0 Å². The van der Waals surface area contributed by atoms with Gasteiger partial charge in [0.1, 0.15) is 11.6 Å². The molecule has 5 nitrogen and oxygen atoms in total. The van der Waals surface area contributed by atoms with Gasteiger partial charge in [0.2, 0.25) is 0 Å². The number of anilines is 2. The average Bonchev–Trinajstić information content (AvgIpc) is 2.39. The smallest absolute Gasteiger partial charge is 0.263 e. The van der Waals surface area contributed by atoms with Crippen molar-refractivity contribution >= 4 is 33.3 Å². The summed E-state index contributed by atoms with van der Waals surface area (Å²) in [5.41, 5.74) is 6.20. The van der Waals surface area contributed by atoms with E-state index < -0.39 is 0 Å². The average molecular weight is 322 g/mol. The van der Waals surface area contributed by atoms with Crippen molar-refractivity contribution in [1.82, 2.24) is 4.98 Å². The van der Waals surface area contributed by atoms with Gasteiger partial charge in [0.05, 0.1) is 0 Å². The number of pyridine rings is 1. The minimum absolute atomic E-state index is 0.0960. The van der Waals surface area contributed by atoms with Gasteiger partial charge in [0.25, 0.3) is 5.91 Å². The molecule has 6 heteroatoms. The first kappa shape index (κ1) is 13.4. The molecule has 0 spiro atoms. The lowest BCUT2D eigenvalue weighted by Gasteiger charge is -2.07. The number of nitrogens with zero attached hydrogens (tertiary/aromatic N) is 1. The second-order valence-electron chi connectivity index (χ2n) is 3.77. The summed E-state index contributed by atoms with van der Waals surface area (Å²) in [5, 5.41) is 2.63. The molecular formula is C13H12BrN3O2. The van der Waals surface area contributed by atoms with E-state index in [1.54, 1.807) is 42.6 Å². The van der Waals surface area contributed by atoms with E-state index in [0.717, 1.165) is 4.47 Å². The summed E-state index contributed by atoms with van der Waals surface area (Å²) in [4.78, 5) is 15.7. The Hall–Kier alpha value is -2.08. The molecule has 0 aliphatic heterocycles. The number of nitrogens with one attached hydrogen (secondary N) is 1. The van der Waals surface area contributed by atoms with E-state index in [4.69, 9.17) is 10.5 Å². The maximum Gasteiger partial charge on any atom is 0.263 e. The quantitative estimate of drug-likeness (QED) is 0.848. The predicted molar refractivity (Wildman–Crippen MR) is 76.9 cm³/mol. The van der Waals surface area contributed by atoms with Crippen LogP contribution in [0, 0.1) is 0 Å². The lowest BCUT2D eigenvalue weighted by molar-refractivity contribution is -0.118. The molecule has 0 aliphatic rings. The summed E-state index contributed by atoms with van der Waals surface area (Å²) in [7, 11) is 0. The molecule has 0 fully saturated rings. The number of hydrogen-bond acceptors (Lipinski definition) is 4. The van der Waals surface area contributed by atoms with Crippen LogP contribution in [0.4, 0.5) is 11.5 Å². The van der Waals surface area contributed by atoms with Gasteiger partial charge in [-0.25, -0.2) is 4.98 Å². The first-order valence-corrected chi connectivity index (χ1v) is 6.32. The Labute approximate surface area is 118 Å². The van der Waals surface area contributed by atoms with Crippen molar-refractivity contribution in [2.45, 2.75) is 0 Å². The Bertz CT molecular complexity index is 572. The highest BCUT2D eigenvalue weighted by Crippen LogP contribution is 2.14. The van der Waals surface area contributed by atoms with Gasteiger partial charge < -0.3 is 15.8 Å². The number of halogens is 1. The number of benzene rings is 1. The number of rotatable bonds is 4. The summed E-state index contributed by atoms with van der Waals surface area (Å²) in [6.07, 6.45) is 1.61. The molecular weight excluding hydrogens is 310 g/mol. The molecule has 0 radical (unpaired) electrons. The highest BCUT2D eigenvalue weighted by molar-refractivity contribution is 9.10. The molecule has 0 saturated heterocycles. The maximum absolute atomic E-state index is 11.6. The number of carbonyl (C=O) groups is 1. The minimum atomic E-state index is -0.280. The molecule has 1 aromatic heterocycles. The molecule has 1 heterocycles. The standard InChI is InChI=1S/C13H12BrN3O2/c14-9-4-5-12(16-7-9)17-13(18)8-19-11-3-1-2-10(15)6-11/h1-7H,8,15H2,(H,16,17,18). The van der Waals surface area contributed by atoms with Gasteiger partial charge in [-0.05, 0) is 40.2 Å². The molecule has 0 bridgehead atoms. The van der Waals surface area contributed by atoms with E-state index in [-0.39, 0.29) is 12.5 Å². The van der Waals surface area contributed by atoms with Crippen molar-refractivity contribution in [2.75, 3.05) is 17.7 Å². The third-order valence-corrected chi connectivity index (χ3v) is 2.69. The van der Waals surface area contributed by atoms with Crippen LogP contribution in [0.15, 0.2) is 47.1 Å². The third kappa shape index (κ3) is 4.26. The fraction of sp³-hybridized carbons (Fsp3) is 0.0769. The predicted octanol–water partition coefficient (Wildman–Crippen LogP) is 2.44. The lowest BCUT2D eigenvalue weighted by atomic mass is 10.3. The van der Waals surface area contributed by atoms with Gasteiger partial charge in [0, 0.05) is 22.4 Å². The van der Waals surface area contributed by atoms with Crippen LogP contribution in [-0.2, 0) is 4.79 Å². The fourth-order valence-electron chi connectivity index (χ4n) is 1.38. The molecule has 3 N–H and O–H groups in total. The highest BCUT2D eigenvalue weighted by Gasteiger charge is 2.04. The number of nitrogens with two attached hydrogens (primary N) is 1. The SMILES string of the molecule is Nc1cccc(OCC(=O)Nc2ccc(Br)cn2)c1. The second kappa shape index (κ2) is 6.19. The Morgan fingerprint density at radius 2 is 2.21 bits per heavy atom. The molecule has 1 amide bonds. The van der Waals surface area contributed by atoms with Crippen molar-refractivity contribution in [3.63, 3.8) is 0 Å². The third-order valence-electron chi connectivity index (χ3n) is 2.22. The first-order chi connectivity index (χ1) is 9.13. The van der Waals surface area contributed by atoms with E-state index in [9.17, 15) is 4.79 Å². The van der Waals surface area contributed by atoms with E-state index >= 15 is 0 Å². The van der Waals surface area contributed by atoms with Crippen molar-refractivity contribution in [3.05, 3.63) is 47.1 Å². The van der Waals surface area contributed by atoms with Gasteiger partial charge in [-0.1, -0.05) is 6.07 Å². The number of carbonyl (C=O) groups excluding carboxylic acids is 1. The zero-order valence-corrected chi connectivity index (χ0v) is 11.6. The monoisotopic (exact) mass is 321 g/mol. The van der Waals surface area contributed by atoms with Gasteiger partial charge in [-0.3, -0.25) is 4.79 Å². The number of amides is 1. The number of hydrogen-bond donors (Lipinski definition) is 2. The Balaban J connectivity index is 1.86. The summed E-state index contributed by atoms with van der Waals surface area (Å²) in [6, 6.07) is 10.4. The summed E-state index contributed by atoms with van der Waals surface area (Å²) < 4.78 is 6.16. The first-order valence-electron chi connectivity index (χ1n) is 5.53. The summed E-state index contributed by atoms with van der Waals surface area (Å²) >= 11 is 3.27. The summed E-state index contributed by atoms with van der Waals surface area (Å²) in [6.45, 7) is -0.0960. The molecule has 98 valence electrons. The zero-order valence-electron chi connectivity index (χ0n) is 9.97. The number of aromatic nitrogens is 1. The molecule has 0 atom stereocenters. The van der Waals surface area contributed by atoms with Crippen LogP contribution in [0.1, 0.15) is 0 Å². The van der Waals surface area contributed by atoms with Crippen LogP contribution >= 0.6 is 15.9 Å². The second-order valence-corrected chi connectivity index (χ2v) is 4.69. The molecule has 19 heavy (non-hydrogen) atoms. The summed E-state index contributed by atoms with van der Waals surface area (Å²) in [5.74, 6) is 0.750. The molecule has 0 saturated carbocycles. The van der Waals surface area contributed by atoms with Gasteiger partial charge >= 0.3 is 0 Å². The molecule has 1 aromatic carbocycles. The largest absolute Gasteiger partial charge is 0.484 e. The topological polar surface area (TPSA) is 77.2 Å². The van der Waals surface area contributed by atoms with Gasteiger partial charge in [-0.2, -0.15) is 0 Å². The Kier molecular flexibility index (Phi) is 4.35. The number of nitrogen functional groups attached to an aromatic ring is 1.